The number of hydrogen-bond donors (Lipinski definition) is 1. The van der Waals surface area contributed by atoms with E-state index in [1.54, 1.807) is 6.92 Å². The van der Waals surface area contributed by atoms with Gasteiger partial charge in [0.05, 0.1) is 17.7 Å². The van der Waals surface area contributed by atoms with Gasteiger partial charge in [0.2, 0.25) is 15.9 Å². The molecule has 0 spiro atoms. The second-order valence-corrected chi connectivity index (χ2v) is 8.50. The topological polar surface area (TPSA) is 66.5 Å². The average molecular weight is 338 g/mol. The normalized spacial score (nSPS) is 20.9. The molecule has 0 saturated carbocycles. The SMILES string of the molecule is CCS(=O)(=O)N1CCCC(C(=O)NC(C)c2ccc(C)cc2)C1. The van der Waals surface area contributed by atoms with Gasteiger partial charge in [-0.05, 0) is 39.2 Å². The molecule has 1 amide bonds. The fourth-order valence-electron chi connectivity index (χ4n) is 2.86. The minimum absolute atomic E-state index is 0.0610. The Morgan fingerprint density at radius 1 is 1.35 bits per heavy atom. The number of hydrogen-bond acceptors (Lipinski definition) is 3. The summed E-state index contributed by atoms with van der Waals surface area (Å²) < 4.78 is 25.4. The van der Waals surface area contributed by atoms with E-state index in [-0.39, 0.29) is 23.6 Å². The van der Waals surface area contributed by atoms with Crippen molar-refractivity contribution in [3.05, 3.63) is 35.4 Å². The molecule has 5 nitrogen and oxygen atoms in total. The van der Waals surface area contributed by atoms with Crippen LogP contribution in [0.15, 0.2) is 24.3 Å². The van der Waals surface area contributed by atoms with Crippen molar-refractivity contribution in [1.82, 2.24) is 9.62 Å². The zero-order valence-corrected chi connectivity index (χ0v) is 14.9. The minimum atomic E-state index is -3.22. The van der Waals surface area contributed by atoms with Crippen LogP contribution in [0.3, 0.4) is 0 Å². The largest absolute Gasteiger partial charge is 0.349 e. The third kappa shape index (κ3) is 4.54. The Labute approximate surface area is 139 Å². The molecule has 1 heterocycles. The number of amides is 1. The van der Waals surface area contributed by atoms with E-state index in [1.165, 1.54) is 9.87 Å². The lowest BCUT2D eigenvalue weighted by atomic mass is 9.97. The number of carbonyl (C=O) groups excluding carboxylic acids is 1. The molecular weight excluding hydrogens is 312 g/mol. The molecule has 1 aliphatic rings. The summed E-state index contributed by atoms with van der Waals surface area (Å²) in [6.45, 7) is 6.43. The Morgan fingerprint density at radius 3 is 2.61 bits per heavy atom. The van der Waals surface area contributed by atoms with E-state index in [9.17, 15) is 13.2 Å². The highest BCUT2D eigenvalue weighted by Crippen LogP contribution is 2.21. The molecule has 2 atom stereocenters. The third-order valence-electron chi connectivity index (χ3n) is 4.45. The summed E-state index contributed by atoms with van der Waals surface area (Å²) in [4.78, 5) is 12.5. The molecule has 1 aromatic carbocycles. The molecule has 2 unspecified atom stereocenters. The van der Waals surface area contributed by atoms with Gasteiger partial charge in [0.25, 0.3) is 0 Å². The molecule has 0 aliphatic carbocycles. The Balaban J connectivity index is 1.98. The standard InChI is InChI=1S/C17H26N2O3S/c1-4-23(21,22)19-11-5-6-16(12-19)17(20)18-14(3)15-9-7-13(2)8-10-15/h7-10,14,16H,4-6,11-12H2,1-3H3,(H,18,20). The van der Waals surface area contributed by atoms with Crippen LogP contribution in [0.2, 0.25) is 0 Å². The number of benzene rings is 1. The molecule has 0 bridgehead atoms. The summed E-state index contributed by atoms with van der Waals surface area (Å²) in [6, 6.07) is 7.98. The van der Waals surface area contributed by atoms with Gasteiger partial charge in [-0.25, -0.2) is 12.7 Å². The lowest BCUT2D eigenvalue weighted by Crippen LogP contribution is -2.46. The van der Waals surface area contributed by atoms with E-state index < -0.39 is 10.0 Å². The number of aryl methyl sites for hydroxylation is 1. The maximum atomic E-state index is 12.5. The van der Waals surface area contributed by atoms with Crippen molar-refractivity contribution in [3.8, 4) is 0 Å². The van der Waals surface area contributed by atoms with Gasteiger partial charge in [0, 0.05) is 13.1 Å². The van der Waals surface area contributed by atoms with E-state index in [1.807, 2.05) is 38.1 Å². The second kappa shape index (κ2) is 7.45. The highest BCUT2D eigenvalue weighted by atomic mass is 32.2. The Hall–Kier alpha value is -1.40. The summed E-state index contributed by atoms with van der Waals surface area (Å²) in [5.74, 6) is -0.242. The van der Waals surface area contributed by atoms with Crippen LogP contribution in [0, 0.1) is 12.8 Å². The molecule has 1 saturated heterocycles. The van der Waals surface area contributed by atoms with E-state index in [0.717, 1.165) is 18.4 Å². The molecule has 2 rings (SSSR count). The Bertz CT molecular complexity index is 640. The highest BCUT2D eigenvalue weighted by molar-refractivity contribution is 7.89. The highest BCUT2D eigenvalue weighted by Gasteiger charge is 2.31. The van der Waals surface area contributed by atoms with Crippen LogP contribution in [-0.2, 0) is 14.8 Å². The number of carbonyl (C=O) groups is 1. The Morgan fingerprint density at radius 2 is 2.00 bits per heavy atom. The van der Waals surface area contributed by atoms with Crippen molar-refractivity contribution in [2.45, 2.75) is 39.7 Å². The van der Waals surface area contributed by atoms with Gasteiger partial charge in [0.15, 0.2) is 0 Å². The lowest BCUT2D eigenvalue weighted by molar-refractivity contribution is -0.126. The van der Waals surface area contributed by atoms with E-state index in [2.05, 4.69) is 5.32 Å². The van der Waals surface area contributed by atoms with Crippen LogP contribution in [0.1, 0.15) is 43.9 Å². The molecule has 128 valence electrons. The van der Waals surface area contributed by atoms with Gasteiger partial charge in [0.1, 0.15) is 0 Å². The van der Waals surface area contributed by atoms with Crippen molar-refractivity contribution in [2.24, 2.45) is 5.92 Å². The van der Waals surface area contributed by atoms with Crippen LogP contribution in [0.4, 0.5) is 0 Å². The van der Waals surface area contributed by atoms with Crippen LogP contribution < -0.4 is 5.32 Å². The molecule has 6 heteroatoms. The van der Waals surface area contributed by atoms with Crippen LogP contribution >= 0.6 is 0 Å². The quantitative estimate of drug-likeness (QED) is 0.895. The first-order valence-electron chi connectivity index (χ1n) is 8.18. The summed E-state index contributed by atoms with van der Waals surface area (Å²) in [5, 5.41) is 3.01. The first-order valence-corrected chi connectivity index (χ1v) is 9.79. The van der Waals surface area contributed by atoms with Crippen molar-refractivity contribution < 1.29 is 13.2 Å². The number of nitrogens with one attached hydrogen (secondary N) is 1. The van der Waals surface area contributed by atoms with E-state index >= 15 is 0 Å². The monoisotopic (exact) mass is 338 g/mol. The van der Waals surface area contributed by atoms with Crippen molar-refractivity contribution in [2.75, 3.05) is 18.8 Å². The van der Waals surface area contributed by atoms with Crippen molar-refractivity contribution in [3.63, 3.8) is 0 Å². The number of sulfonamides is 1. The summed E-state index contributed by atoms with van der Waals surface area (Å²) in [6.07, 6.45) is 1.47. The lowest BCUT2D eigenvalue weighted by Gasteiger charge is -2.31. The molecule has 1 fully saturated rings. The number of piperidine rings is 1. The predicted octanol–water partition coefficient (Wildman–Crippen LogP) is 2.23. The molecule has 1 N–H and O–H groups in total. The maximum Gasteiger partial charge on any atom is 0.224 e. The van der Waals surface area contributed by atoms with Crippen LogP contribution in [-0.4, -0.2) is 37.5 Å². The number of nitrogens with zero attached hydrogens (tertiary/aromatic N) is 1. The van der Waals surface area contributed by atoms with E-state index in [4.69, 9.17) is 0 Å². The molecule has 0 radical (unpaired) electrons. The van der Waals surface area contributed by atoms with Gasteiger partial charge in [-0.15, -0.1) is 0 Å². The summed E-state index contributed by atoms with van der Waals surface area (Å²) >= 11 is 0. The van der Waals surface area contributed by atoms with Gasteiger partial charge in [-0.2, -0.15) is 0 Å². The molecule has 0 aromatic heterocycles. The summed E-state index contributed by atoms with van der Waals surface area (Å²) in [7, 11) is -3.22. The molecule has 1 aromatic rings. The number of rotatable bonds is 5. The maximum absolute atomic E-state index is 12.5. The smallest absolute Gasteiger partial charge is 0.224 e. The van der Waals surface area contributed by atoms with Crippen LogP contribution in [0.5, 0.6) is 0 Å². The van der Waals surface area contributed by atoms with Crippen LogP contribution in [0.25, 0.3) is 0 Å². The average Bonchev–Trinajstić information content (AvgIpc) is 2.55. The third-order valence-corrected chi connectivity index (χ3v) is 6.30. The fraction of sp³-hybridized carbons (Fsp3) is 0.588. The van der Waals surface area contributed by atoms with Crippen molar-refractivity contribution >= 4 is 15.9 Å². The fourth-order valence-corrected chi connectivity index (χ4v) is 4.04. The van der Waals surface area contributed by atoms with Gasteiger partial charge in [-0.3, -0.25) is 4.79 Å². The molecular formula is C17H26N2O3S. The molecule has 23 heavy (non-hydrogen) atoms. The summed E-state index contributed by atoms with van der Waals surface area (Å²) in [5.41, 5.74) is 2.23. The zero-order valence-electron chi connectivity index (χ0n) is 14.1. The first-order chi connectivity index (χ1) is 10.8. The van der Waals surface area contributed by atoms with E-state index in [0.29, 0.717) is 13.1 Å². The minimum Gasteiger partial charge on any atom is -0.349 e. The Kier molecular flexibility index (Phi) is 5.81. The van der Waals surface area contributed by atoms with Crippen molar-refractivity contribution in [1.29, 1.82) is 0 Å². The van der Waals surface area contributed by atoms with Gasteiger partial charge in [-0.1, -0.05) is 29.8 Å². The first kappa shape index (κ1) is 17.9. The molecule has 1 aliphatic heterocycles. The van der Waals surface area contributed by atoms with Gasteiger partial charge >= 0.3 is 0 Å². The second-order valence-electron chi connectivity index (χ2n) is 6.24. The van der Waals surface area contributed by atoms with Gasteiger partial charge < -0.3 is 5.32 Å². The predicted molar refractivity (Wildman–Crippen MR) is 91.5 cm³/mol. The zero-order chi connectivity index (χ0) is 17.0.